The summed E-state index contributed by atoms with van der Waals surface area (Å²) in [5, 5.41) is 10.1. The maximum atomic E-state index is 12.3. The number of hydrogen-bond acceptors (Lipinski definition) is 3. The Bertz CT molecular complexity index is 591. The van der Waals surface area contributed by atoms with Gasteiger partial charge in [-0.15, -0.1) is 0 Å². The highest BCUT2D eigenvalue weighted by Gasteiger charge is 2.63. The maximum absolute atomic E-state index is 12.3. The van der Waals surface area contributed by atoms with Gasteiger partial charge in [-0.2, -0.15) is 0 Å². The number of aromatic nitrogens is 1. The molecule has 1 heterocycles. The van der Waals surface area contributed by atoms with E-state index in [-0.39, 0.29) is 5.41 Å². The van der Waals surface area contributed by atoms with E-state index in [1.807, 2.05) is 12.1 Å². The Kier molecular flexibility index (Phi) is 3.33. The number of carbonyl (C=O) groups is 2. The summed E-state index contributed by atoms with van der Waals surface area (Å²) < 4.78 is 0. The molecule has 0 amide bonds. The van der Waals surface area contributed by atoms with Crippen molar-refractivity contribution in [2.24, 2.45) is 28.6 Å². The lowest BCUT2D eigenvalue weighted by molar-refractivity contribution is -0.178. The second kappa shape index (κ2) is 5.15. The van der Waals surface area contributed by atoms with Crippen molar-refractivity contribution in [1.29, 1.82) is 0 Å². The number of rotatable bonds is 5. The van der Waals surface area contributed by atoms with Crippen molar-refractivity contribution in [1.82, 2.24) is 4.98 Å². The summed E-state index contributed by atoms with van der Waals surface area (Å²) in [7, 11) is 0. The number of aldehydes is 1. The number of carboxylic acids is 1. The molecule has 0 aromatic carbocycles. The molecular weight excluding hydrogens is 290 g/mol. The van der Waals surface area contributed by atoms with Gasteiger partial charge in [0.25, 0.3) is 0 Å². The molecule has 4 aliphatic carbocycles. The van der Waals surface area contributed by atoms with Gasteiger partial charge in [0, 0.05) is 12.4 Å². The Morgan fingerprint density at radius 1 is 1.17 bits per heavy atom. The zero-order chi connectivity index (χ0) is 16.1. The van der Waals surface area contributed by atoms with Gasteiger partial charge in [-0.05, 0) is 85.8 Å². The van der Waals surface area contributed by atoms with Crippen LogP contribution in [0.2, 0.25) is 0 Å². The molecule has 4 saturated carbocycles. The zero-order valence-corrected chi connectivity index (χ0v) is 13.3. The monoisotopic (exact) mass is 313 g/mol. The maximum Gasteiger partial charge on any atom is 0.317 e. The SMILES string of the molecule is O=CC(Cc1ccncc1)(C(=O)O)C12CC3CC(CC(C3)C1)C2. The van der Waals surface area contributed by atoms with Crippen molar-refractivity contribution in [3.05, 3.63) is 30.1 Å². The smallest absolute Gasteiger partial charge is 0.317 e. The highest BCUT2D eigenvalue weighted by Crippen LogP contribution is 2.66. The second-order valence-electron chi connectivity index (χ2n) is 8.12. The summed E-state index contributed by atoms with van der Waals surface area (Å²) in [6, 6.07) is 3.67. The van der Waals surface area contributed by atoms with Crippen LogP contribution in [0.3, 0.4) is 0 Å². The second-order valence-corrected chi connectivity index (χ2v) is 8.12. The first-order valence-electron chi connectivity index (χ1n) is 8.65. The van der Waals surface area contributed by atoms with E-state index < -0.39 is 11.4 Å². The van der Waals surface area contributed by atoms with Gasteiger partial charge in [-0.3, -0.25) is 9.78 Å². The zero-order valence-electron chi connectivity index (χ0n) is 13.3. The summed E-state index contributed by atoms with van der Waals surface area (Å²) >= 11 is 0. The number of carbonyl (C=O) groups excluding carboxylic acids is 1. The summed E-state index contributed by atoms with van der Waals surface area (Å²) in [5.41, 5.74) is -0.742. The average molecular weight is 313 g/mol. The van der Waals surface area contributed by atoms with Crippen LogP contribution < -0.4 is 0 Å². The molecule has 1 unspecified atom stereocenters. The van der Waals surface area contributed by atoms with Crippen molar-refractivity contribution in [3.8, 4) is 0 Å². The Morgan fingerprint density at radius 2 is 1.70 bits per heavy atom. The third kappa shape index (κ3) is 2.14. The van der Waals surface area contributed by atoms with Crippen LogP contribution >= 0.6 is 0 Å². The van der Waals surface area contributed by atoms with Gasteiger partial charge in [-0.25, -0.2) is 0 Å². The Labute approximate surface area is 136 Å². The van der Waals surface area contributed by atoms with Gasteiger partial charge in [0.1, 0.15) is 11.7 Å². The Morgan fingerprint density at radius 3 is 2.13 bits per heavy atom. The standard InChI is InChI=1S/C19H23NO3/c21-12-19(17(22)23,11-13-1-3-20-4-2-13)18-8-14-5-15(9-18)7-16(6-14)10-18/h1-4,12,14-16H,5-11H2,(H,22,23). The Balaban J connectivity index is 1.76. The summed E-state index contributed by atoms with van der Waals surface area (Å²) in [5.74, 6) is 0.929. The van der Waals surface area contributed by atoms with E-state index in [1.165, 1.54) is 19.3 Å². The average Bonchev–Trinajstić information content (AvgIpc) is 2.51. The molecule has 4 aliphatic rings. The van der Waals surface area contributed by atoms with Crippen LogP contribution in [0, 0.1) is 28.6 Å². The fourth-order valence-electron chi connectivity index (χ4n) is 6.19. The third-order valence-electron chi connectivity index (χ3n) is 6.80. The molecule has 0 aliphatic heterocycles. The van der Waals surface area contributed by atoms with E-state index in [0.717, 1.165) is 31.1 Å². The van der Waals surface area contributed by atoms with Gasteiger partial charge < -0.3 is 9.90 Å². The highest BCUT2D eigenvalue weighted by atomic mass is 16.4. The van der Waals surface area contributed by atoms with E-state index >= 15 is 0 Å². The molecule has 4 bridgehead atoms. The largest absolute Gasteiger partial charge is 0.480 e. The fourth-order valence-corrected chi connectivity index (χ4v) is 6.19. The van der Waals surface area contributed by atoms with Crippen LogP contribution in [0.25, 0.3) is 0 Å². The van der Waals surface area contributed by atoms with Crippen molar-refractivity contribution in [2.45, 2.75) is 44.9 Å². The van der Waals surface area contributed by atoms with E-state index in [0.29, 0.717) is 24.2 Å². The molecule has 4 heteroatoms. The van der Waals surface area contributed by atoms with Gasteiger partial charge in [0.05, 0.1) is 0 Å². The molecule has 0 radical (unpaired) electrons. The molecule has 23 heavy (non-hydrogen) atoms. The van der Waals surface area contributed by atoms with Gasteiger partial charge in [0.2, 0.25) is 0 Å². The summed E-state index contributed by atoms with van der Waals surface area (Å²) in [4.78, 5) is 28.5. The minimum atomic E-state index is -1.29. The third-order valence-corrected chi connectivity index (χ3v) is 6.80. The van der Waals surface area contributed by atoms with E-state index in [9.17, 15) is 14.7 Å². The van der Waals surface area contributed by atoms with Crippen molar-refractivity contribution < 1.29 is 14.7 Å². The number of nitrogens with zero attached hydrogens (tertiary/aromatic N) is 1. The van der Waals surface area contributed by atoms with Gasteiger partial charge >= 0.3 is 5.97 Å². The lowest BCUT2D eigenvalue weighted by Crippen LogP contribution is -2.59. The lowest BCUT2D eigenvalue weighted by atomic mass is 9.42. The topological polar surface area (TPSA) is 67.3 Å². The van der Waals surface area contributed by atoms with Crippen LogP contribution in [-0.4, -0.2) is 22.3 Å². The van der Waals surface area contributed by atoms with Crippen LogP contribution in [0.4, 0.5) is 0 Å². The molecule has 0 saturated heterocycles. The minimum absolute atomic E-state index is 0.292. The molecule has 0 spiro atoms. The van der Waals surface area contributed by atoms with Gasteiger partial charge in [0.15, 0.2) is 0 Å². The van der Waals surface area contributed by atoms with Crippen molar-refractivity contribution in [2.75, 3.05) is 0 Å². The normalized spacial score (nSPS) is 37.3. The quantitative estimate of drug-likeness (QED) is 0.670. The number of carboxylic acid groups (broad SMARTS) is 1. The fraction of sp³-hybridized carbons (Fsp3) is 0.632. The van der Waals surface area contributed by atoms with E-state index in [1.54, 1.807) is 12.4 Å². The molecular formula is C19H23NO3. The number of aliphatic carboxylic acids is 1. The first kappa shape index (κ1) is 14.9. The molecule has 4 nitrogen and oxygen atoms in total. The molecule has 1 aromatic heterocycles. The van der Waals surface area contributed by atoms with Crippen LogP contribution in [0.1, 0.15) is 44.1 Å². The summed E-state index contributed by atoms with van der Waals surface area (Å²) in [6.07, 6.45) is 10.9. The predicted molar refractivity (Wildman–Crippen MR) is 84.7 cm³/mol. The number of hydrogen-bond donors (Lipinski definition) is 1. The van der Waals surface area contributed by atoms with Gasteiger partial charge in [-0.1, -0.05) is 0 Å². The molecule has 1 N–H and O–H groups in total. The van der Waals surface area contributed by atoms with Crippen LogP contribution in [-0.2, 0) is 16.0 Å². The predicted octanol–water partition coefficient (Wildman–Crippen LogP) is 3.11. The minimum Gasteiger partial charge on any atom is -0.480 e. The Hall–Kier alpha value is -1.71. The molecule has 4 fully saturated rings. The van der Waals surface area contributed by atoms with E-state index in [4.69, 9.17) is 0 Å². The lowest BCUT2D eigenvalue weighted by Gasteiger charge is -2.61. The van der Waals surface area contributed by atoms with Crippen molar-refractivity contribution in [3.63, 3.8) is 0 Å². The molecule has 5 rings (SSSR count). The summed E-state index contributed by atoms with van der Waals surface area (Å²) in [6.45, 7) is 0. The van der Waals surface area contributed by atoms with Crippen molar-refractivity contribution >= 4 is 12.3 Å². The molecule has 122 valence electrons. The highest BCUT2D eigenvalue weighted by molar-refractivity contribution is 5.93. The number of pyridine rings is 1. The first-order chi connectivity index (χ1) is 11.1. The van der Waals surface area contributed by atoms with Crippen LogP contribution in [0.5, 0.6) is 0 Å². The molecule has 1 aromatic rings. The molecule has 1 atom stereocenters. The van der Waals surface area contributed by atoms with Crippen LogP contribution in [0.15, 0.2) is 24.5 Å². The first-order valence-corrected chi connectivity index (χ1v) is 8.65. The van der Waals surface area contributed by atoms with E-state index in [2.05, 4.69) is 4.98 Å².